The molecule has 0 atom stereocenters. The lowest BCUT2D eigenvalue weighted by atomic mass is 9.96. The number of nitrogens with one attached hydrogen (secondary N) is 2. The molecule has 0 amide bonds. The summed E-state index contributed by atoms with van der Waals surface area (Å²) in [6.45, 7) is 8.53. The molecule has 0 bridgehead atoms. The molecule has 0 unspecified atom stereocenters. The number of hydrogen-bond donors (Lipinski definition) is 3. The number of aryl methyl sites for hydroxylation is 2. The number of hydrogen-bond acceptors (Lipinski definition) is 4. The van der Waals surface area contributed by atoms with Gasteiger partial charge in [0.15, 0.2) is 0 Å². The molecule has 2 rings (SSSR count). The van der Waals surface area contributed by atoms with E-state index in [9.17, 15) is 0 Å². The van der Waals surface area contributed by atoms with Crippen molar-refractivity contribution in [3.63, 3.8) is 0 Å². The molecule has 1 aromatic heterocycles. The zero-order chi connectivity index (χ0) is 19.1. The van der Waals surface area contributed by atoms with Crippen molar-refractivity contribution in [1.82, 2.24) is 4.98 Å². The average Bonchev–Trinajstić information content (AvgIpc) is 2.62. The number of anilines is 2. The Morgan fingerprint density at radius 3 is 2.42 bits per heavy atom. The minimum absolute atomic E-state index is 0.452. The Morgan fingerprint density at radius 1 is 1.15 bits per heavy atom. The van der Waals surface area contributed by atoms with Crippen LogP contribution in [0.5, 0.6) is 0 Å². The molecule has 0 spiro atoms. The molecule has 0 fully saturated rings. The van der Waals surface area contributed by atoms with Gasteiger partial charge < -0.3 is 11.1 Å². The van der Waals surface area contributed by atoms with Crippen molar-refractivity contribution < 1.29 is 0 Å². The number of benzene rings is 1. The zero-order valence-corrected chi connectivity index (χ0v) is 16.5. The van der Waals surface area contributed by atoms with E-state index in [0.717, 1.165) is 41.8 Å². The summed E-state index contributed by atoms with van der Waals surface area (Å²) in [5, 5.41) is 12.3. The Balaban J connectivity index is 2.35. The van der Waals surface area contributed by atoms with Crippen molar-refractivity contribution >= 4 is 17.1 Å². The van der Waals surface area contributed by atoms with E-state index in [1.807, 2.05) is 25.1 Å². The summed E-state index contributed by atoms with van der Waals surface area (Å²) in [5.74, 6) is 0. The second-order valence-electron chi connectivity index (χ2n) is 6.93. The molecule has 1 aromatic carbocycles. The first-order valence-corrected chi connectivity index (χ1v) is 9.70. The Morgan fingerprint density at radius 2 is 1.85 bits per heavy atom. The van der Waals surface area contributed by atoms with Crippen LogP contribution in [0.15, 0.2) is 30.5 Å². The van der Waals surface area contributed by atoms with Crippen LogP contribution >= 0.6 is 0 Å². The normalized spacial score (nSPS) is 11.0. The van der Waals surface area contributed by atoms with Crippen LogP contribution in [0.4, 0.5) is 11.4 Å². The fourth-order valence-electron chi connectivity index (χ4n) is 3.37. The molecule has 140 valence electrons. The summed E-state index contributed by atoms with van der Waals surface area (Å²) in [5.41, 5.74) is 12.3. The Kier molecular flexibility index (Phi) is 7.19. The van der Waals surface area contributed by atoms with Crippen LogP contribution in [0.2, 0.25) is 0 Å². The zero-order valence-electron chi connectivity index (χ0n) is 16.5. The molecule has 1 heterocycles. The molecular formula is C22H32N4. The lowest BCUT2D eigenvalue weighted by molar-refractivity contribution is 0.586. The van der Waals surface area contributed by atoms with Crippen LogP contribution in [0, 0.1) is 12.3 Å². The highest BCUT2D eigenvalue weighted by Crippen LogP contribution is 2.28. The largest absolute Gasteiger partial charge is 0.398 e. The minimum Gasteiger partial charge on any atom is -0.398 e. The van der Waals surface area contributed by atoms with Crippen LogP contribution in [-0.2, 0) is 6.42 Å². The first kappa shape index (κ1) is 20.0. The lowest BCUT2D eigenvalue weighted by Crippen LogP contribution is -2.20. The quantitative estimate of drug-likeness (QED) is 0.422. The van der Waals surface area contributed by atoms with E-state index in [2.05, 4.69) is 37.1 Å². The van der Waals surface area contributed by atoms with Gasteiger partial charge in [0.25, 0.3) is 0 Å². The number of pyridine rings is 1. The molecule has 0 radical (unpaired) electrons. The van der Waals surface area contributed by atoms with Crippen LogP contribution in [-0.4, -0.2) is 16.7 Å². The van der Waals surface area contributed by atoms with E-state index in [1.54, 1.807) is 6.20 Å². The third kappa shape index (κ3) is 4.84. The van der Waals surface area contributed by atoms with Gasteiger partial charge in [0.1, 0.15) is 0 Å². The third-order valence-corrected chi connectivity index (χ3v) is 4.74. The maximum atomic E-state index is 8.60. The minimum atomic E-state index is 0.452. The molecule has 0 aliphatic heterocycles. The SMILES string of the molecule is CCCC(CCC)Nc1cc(N)c(C(=N)c2ccnc(C)c2)cc1CC. The van der Waals surface area contributed by atoms with Crippen molar-refractivity contribution in [3.05, 3.63) is 52.8 Å². The van der Waals surface area contributed by atoms with Gasteiger partial charge in [-0.3, -0.25) is 10.4 Å². The summed E-state index contributed by atoms with van der Waals surface area (Å²) in [6.07, 6.45) is 7.29. The summed E-state index contributed by atoms with van der Waals surface area (Å²) in [6, 6.07) is 8.35. The predicted octanol–water partition coefficient (Wildman–Crippen LogP) is 5.33. The maximum absolute atomic E-state index is 8.60. The van der Waals surface area contributed by atoms with Crippen LogP contribution in [0.25, 0.3) is 0 Å². The fourth-order valence-corrected chi connectivity index (χ4v) is 3.37. The van der Waals surface area contributed by atoms with Crippen molar-refractivity contribution in [1.29, 1.82) is 5.41 Å². The van der Waals surface area contributed by atoms with Crippen LogP contribution < -0.4 is 11.1 Å². The van der Waals surface area contributed by atoms with Crippen molar-refractivity contribution in [3.8, 4) is 0 Å². The van der Waals surface area contributed by atoms with Crippen LogP contribution in [0.1, 0.15) is 68.8 Å². The first-order valence-electron chi connectivity index (χ1n) is 9.70. The fraction of sp³-hybridized carbons (Fsp3) is 0.455. The van der Waals surface area contributed by atoms with Crippen LogP contribution in [0.3, 0.4) is 0 Å². The van der Waals surface area contributed by atoms with E-state index < -0.39 is 0 Å². The van der Waals surface area contributed by atoms with Gasteiger partial charge in [0.05, 0.1) is 5.71 Å². The summed E-state index contributed by atoms with van der Waals surface area (Å²) < 4.78 is 0. The van der Waals surface area contributed by atoms with Gasteiger partial charge >= 0.3 is 0 Å². The average molecular weight is 353 g/mol. The summed E-state index contributed by atoms with van der Waals surface area (Å²) in [4.78, 5) is 4.22. The highest BCUT2D eigenvalue weighted by molar-refractivity contribution is 6.14. The number of nitrogens with zero attached hydrogens (tertiary/aromatic N) is 1. The number of aromatic nitrogens is 1. The smallest absolute Gasteiger partial charge is 0.0706 e. The van der Waals surface area contributed by atoms with E-state index >= 15 is 0 Å². The standard InChI is InChI=1S/C22H32N4/c1-5-8-18(9-6-2)26-21-14-20(23)19(13-16(21)7-3)22(24)17-10-11-25-15(4)12-17/h10-14,18,24,26H,5-9,23H2,1-4H3. The molecule has 0 aliphatic rings. The van der Waals surface area contributed by atoms with E-state index in [1.165, 1.54) is 18.4 Å². The van der Waals surface area contributed by atoms with Crippen molar-refractivity contribution in [2.45, 2.75) is 65.8 Å². The Bertz CT molecular complexity index is 746. The molecule has 4 N–H and O–H groups in total. The molecule has 0 aliphatic carbocycles. The molecule has 2 aromatic rings. The molecule has 0 saturated carbocycles. The van der Waals surface area contributed by atoms with Gasteiger partial charge in [0, 0.05) is 40.4 Å². The van der Waals surface area contributed by atoms with E-state index in [4.69, 9.17) is 11.1 Å². The van der Waals surface area contributed by atoms with E-state index in [-0.39, 0.29) is 0 Å². The monoisotopic (exact) mass is 352 g/mol. The highest BCUT2D eigenvalue weighted by atomic mass is 14.9. The Labute approximate surface area is 157 Å². The number of rotatable bonds is 9. The lowest BCUT2D eigenvalue weighted by Gasteiger charge is -2.22. The van der Waals surface area contributed by atoms with Gasteiger partial charge in [-0.15, -0.1) is 0 Å². The van der Waals surface area contributed by atoms with Gasteiger partial charge in [-0.25, -0.2) is 0 Å². The maximum Gasteiger partial charge on any atom is 0.0706 e. The molecule has 4 nitrogen and oxygen atoms in total. The van der Waals surface area contributed by atoms with Gasteiger partial charge in [0.2, 0.25) is 0 Å². The summed E-state index contributed by atoms with van der Waals surface area (Å²) in [7, 11) is 0. The highest BCUT2D eigenvalue weighted by Gasteiger charge is 2.15. The van der Waals surface area contributed by atoms with Crippen molar-refractivity contribution in [2.75, 3.05) is 11.1 Å². The van der Waals surface area contributed by atoms with Gasteiger partial charge in [-0.2, -0.15) is 0 Å². The Hall–Kier alpha value is -2.36. The number of nitrogen functional groups attached to an aromatic ring is 1. The third-order valence-electron chi connectivity index (χ3n) is 4.74. The van der Waals surface area contributed by atoms with E-state index in [0.29, 0.717) is 17.4 Å². The van der Waals surface area contributed by atoms with Crippen molar-refractivity contribution in [2.24, 2.45) is 0 Å². The summed E-state index contributed by atoms with van der Waals surface area (Å²) >= 11 is 0. The molecule has 26 heavy (non-hydrogen) atoms. The predicted molar refractivity (Wildman–Crippen MR) is 112 cm³/mol. The molecule has 0 saturated heterocycles. The van der Waals surface area contributed by atoms with Gasteiger partial charge in [-0.05, 0) is 56.0 Å². The molecular weight excluding hydrogens is 320 g/mol. The number of nitrogens with two attached hydrogens (primary N) is 1. The van der Waals surface area contributed by atoms with Gasteiger partial charge in [-0.1, -0.05) is 33.6 Å². The second-order valence-corrected chi connectivity index (χ2v) is 6.93. The molecule has 4 heteroatoms. The topological polar surface area (TPSA) is 74.8 Å². The first-order chi connectivity index (χ1) is 12.5. The second kappa shape index (κ2) is 9.37.